The summed E-state index contributed by atoms with van der Waals surface area (Å²) in [7, 11) is 2.20. The van der Waals surface area contributed by atoms with Crippen LogP contribution in [0.25, 0.3) is 0 Å². The second-order valence-electron chi connectivity index (χ2n) is 10.3. The SMILES string of the molecule is CN1CC2CCC1([C@H](NC(=O)c1ccc(Cl)cc1Cl)c1ccccc1)CC2.O=C(O)CC(O)(CC(=O)O)C(=O)O. The van der Waals surface area contributed by atoms with Gasteiger partial charge in [0.25, 0.3) is 5.91 Å². The summed E-state index contributed by atoms with van der Waals surface area (Å²) in [6.45, 7) is 1.10. The number of halogens is 2. The van der Waals surface area contributed by atoms with E-state index in [1.165, 1.54) is 12.8 Å². The molecule has 2 saturated heterocycles. The van der Waals surface area contributed by atoms with Gasteiger partial charge in [0.15, 0.2) is 5.60 Å². The Hall–Kier alpha value is -3.18. The van der Waals surface area contributed by atoms with Crippen molar-refractivity contribution in [3.8, 4) is 0 Å². The Morgan fingerprint density at radius 2 is 1.57 bits per heavy atom. The van der Waals surface area contributed by atoms with E-state index in [4.69, 9.17) is 43.6 Å². The van der Waals surface area contributed by atoms with Crippen LogP contribution in [-0.4, -0.2) is 73.9 Å². The van der Waals surface area contributed by atoms with Gasteiger partial charge in [-0.2, -0.15) is 0 Å². The number of carboxylic acids is 3. The predicted molar refractivity (Wildman–Crippen MR) is 148 cm³/mol. The van der Waals surface area contributed by atoms with Crippen molar-refractivity contribution in [1.29, 1.82) is 0 Å². The van der Waals surface area contributed by atoms with E-state index < -0.39 is 36.4 Å². The number of hydrogen-bond donors (Lipinski definition) is 5. The van der Waals surface area contributed by atoms with Crippen LogP contribution in [-0.2, 0) is 14.4 Å². The molecule has 3 aliphatic rings. The molecule has 0 aromatic heterocycles. The van der Waals surface area contributed by atoms with Crippen molar-refractivity contribution < 1.29 is 39.6 Å². The average molecular weight is 595 g/mol. The second-order valence-corrected chi connectivity index (χ2v) is 11.2. The number of piperidine rings is 2. The Kier molecular flexibility index (Phi) is 10.2. The van der Waals surface area contributed by atoms with E-state index in [2.05, 4.69) is 29.4 Å². The van der Waals surface area contributed by atoms with E-state index in [0.29, 0.717) is 15.6 Å². The molecule has 2 aromatic carbocycles. The third kappa shape index (κ3) is 7.31. The highest BCUT2D eigenvalue weighted by molar-refractivity contribution is 6.36. The summed E-state index contributed by atoms with van der Waals surface area (Å²) < 4.78 is 0. The molecule has 5 rings (SSSR count). The molecule has 10 nitrogen and oxygen atoms in total. The van der Waals surface area contributed by atoms with Crippen LogP contribution in [0.2, 0.25) is 10.0 Å². The minimum absolute atomic E-state index is 0.0509. The van der Waals surface area contributed by atoms with Crippen LogP contribution < -0.4 is 5.32 Å². The Morgan fingerprint density at radius 1 is 1.00 bits per heavy atom. The highest BCUT2D eigenvalue weighted by atomic mass is 35.5. The molecule has 2 bridgehead atoms. The molecule has 1 amide bonds. The van der Waals surface area contributed by atoms with Crippen molar-refractivity contribution in [1.82, 2.24) is 10.2 Å². The zero-order valence-electron chi connectivity index (χ0n) is 21.8. The fourth-order valence-corrected chi connectivity index (χ4v) is 6.08. The number of carbonyl (C=O) groups is 4. The molecule has 216 valence electrons. The number of nitrogens with one attached hydrogen (secondary N) is 1. The lowest BCUT2D eigenvalue weighted by atomic mass is 9.66. The fourth-order valence-electron chi connectivity index (χ4n) is 5.59. The molecule has 5 N–H and O–H groups in total. The van der Waals surface area contributed by atoms with Gasteiger partial charge >= 0.3 is 17.9 Å². The molecule has 2 aromatic rings. The third-order valence-corrected chi connectivity index (χ3v) is 8.22. The molecule has 0 spiro atoms. The molecular formula is C28H32Cl2N2O8. The Balaban J connectivity index is 0.000000289. The number of benzene rings is 2. The maximum absolute atomic E-state index is 13.1. The minimum Gasteiger partial charge on any atom is -0.481 e. The number of likely N-dealkylation sites (N-methyl/N-ethyl adjacent to an activating group) is 1. The number of rotatable bonds is 9. The van der Waals surface area contributed by atoms with E-state index >= 15 is 0 Å². The summed E-state index contributed by atoms with van der Waals surface area (Å²) in [6.07, 6.45) is 2.37. The van der Waals surface area contributed by atoms with E-state index in [1.807, 2.05) is 18.2 Å². The van der Waals surface area contributed by atoms with Crippen LogP contribution in [0.15, 0.2) is 48.5 Å². The zero-order chi connectivity index (χ0) is 29.7. The molecule has 1 aliphatic carbocycles. The maximum atomic E-state index is 13.1. The smallest absolute Gasteiger partial charge is 0.336 e. The first-order valence-electron chi connectivity index (χ1n) is 12.7. The minimum atomic E-state index is -2.74. The van der Waals surface area contributed by atoms with Crippen LogP contribution in [0, 0.1) is 5.92 Å². The lowest BCUT2D eigenvalue weighted by Crippen LogP contribution is -2.62. The van der Waals surface area contributed by atoms with E-state index in [-0.39, 0.29) is 17.5 Å². The molecule has 0 unspecified atom stereocenters. The number of aliphatic hydroxyl groups is 1. The number of nitrogens with zero attached hydrogens (tertiary/aromatic N) is 1. The van der Waals surface area contributed by atoms with Gasteiger partial charge in [0.1, 0.15) is 0 Å². The lowest BCUT2D eigenvalue weighted by Gasteiger charge is -2.57. The van der Waals surface area contributed by atoms with Gasteiger partial charge in [-0.1, -0.05) is 53.5 Å². The predicted octanol–water partition coefficient (Wildman–Crippen LogP) is 4.09. The Morgan fingerprint density at radius 3 is 2.05 bits per heavy atom. The molecule has 12 heteroatoms. The summed E-state index contributed by atoms with van der Waals surface area (Å²) in [5.41, 5.74) is -1.18. The number of hydrogen-bond acceptors (Lipinski definition) is 6. The maximum Gasteiger partial charge on any atom is 0.336 e. The number of carbonyl (C=O) groups excluding carboxylic acids is 1. The number of aliphatic carboxylic acids is 3. The topological polar surface area (TPSA) is 164 Å². The van der Waals surface area contributed by atoms with E-state index in [0.717, 1.165) is 30.9 Å². The number of carboxylic acid groups (broad SMARTS) is 3. The van der Waals surface area contributed by atoms with Gasteiger partial charge in [-0.25, -0.2) is 4.79 Å². The summed E-state index contributed by atoms with van der Waals surface area (Å²) >= 11 is 12.3. The van der Waals surface area contributed by atoms with Crippen molar-refractivity contribution in [2.45, 2.75) is 55.7 Å². The third-order valence-electron chi connectivity index (χ3n) is 7.67. The molecule has 1 saturated carbocycles. The van der Waals surface area contributed by atoms with Crippen LogP contribution in [0.3, 0.4) is 0 Å². The molecule has 2 heterocycles. The van der Waals surface area contributed by atoms with Crippen molar-refractivity contribution in [2.75, 3.05) is 13.6 Å². The van der Waals surface area contributed by atoms with Gasteiger partial charge in [0.05, 0.1) is 29.5 Å². The van der Waals surface area contributed by atoms with Gasteiger partial charge in [-0.05, 0) is 62.4 Å². The van der Waals surface area contributed by atoms with Crippen LogP contribution in [0.5, 0.6) is 0 Å². The van der Waals surface area contributed by atoms with Gasteiger partial charge < -0.3 is 25.7 Å². The van der Waals surface area contributed by atoms with Gasteiger partial charge in [0.2, 0.25) is 0 Å². The number of amides is 1. The summed E-state index contributed by atoms with van der Waals surface area (Å²) in [4.78, 5) is 46.1. The molecule has 2 aliphatic heterocycles. The zero-order valence-corrected chi connectivity index (χ0v) is 23.4. The van der Waals surface area contributed by atoms with Gasteiger partial charge in [-0.15, -0.1) is 0 Å². The largest absolute Gasteiger partial charge is 0.481 e. The second kappa shape index (κ2) is 13.0. The first-order chi connectivity index (χ1) is 18.8. The summed E-state index contributed by atoms with van der Waals surface area (Å²) in [6, 6.07) is 15.2. The molecule has 3 fully saturated rings. The number of fused-ring (bicyclic) bond motifs is 3. The van der Waals surface area contributed by atoms with Crippen LogP contribution >= 0.6 is 23.2 Å². The van der Waals surface area contributed by atoms with E-state index in [1.54, 1.807) is 18.2 Å². The van der Waals surface area contributed by atoms with Crippen molar-refractivity contribution in [3.63, 3.8) is 0 Å². The van der Waals surface area contributed by atoms with Crippen LogP contribution in [0.1, 0.15) is 60.5 Å². The van der Waals surface area contributed by atoms with Gasteiger partial charge in [0, 0.05) is 17.1 Å². The highest BCUT2D eigenvalue weighted by Crippen LogP contribution is 2.49. The normalized spacial score (nSPS) is 21.1. The van der Waals surface area contributed by atoms with Crippen molar-refractivity contribution >= 4 is 47.0 Å². The Labute approximate surface area is 241 Å². The average Bonchev–Trinajstić information content (AvgIpc) is 2.87. The highest BCUT2D eigenvalue weighted by Gasteiger charge is 2.50. The fraction of sp³-hybridized carbons (Fsp3) is 0.429. The molecular weight excluding hydrogens is 563 g/mol. The molecule has 40 heavy (non-hydrogen) atoms. The quantitative estimate of drug-likeness (QED) is 0.287. The monoisotopic (exact) mass is 594 g/mol. The van der Waals surface area contributed by atoms with Crippen molar-refractivity contribution in [3.05, 3.63) is 69.7 Å². The van der Waals surface area contributed by atoms with Gasteiger partial charge in [-0.3, -0.25) is 19.3 Å². The summed E-state index contributed by atoms with van der Waals surface area (Å²) in [5, 5.41) is 38.0. The van der Waals surface area contributed by atoms with E-state index in [9.17, 15) is 19.2 Å². The van der Waals surface area contributed by atoms with Crippen LogP contribution in [0.4, 0.5) is 0 Å². The summed E-state index contributed by atoms with van der Waals surface area (Å²) in [5.74, 6) is -4.38. The lowest BCUT2D eigenvalue weighted by molar-refractivity contribution is -0.170. The molecule has 1 atom stereocenters. The van der Waals surface area contributed by atoms with Crippen molar-refractivity contribution in [2.24, 2.45) is 5.92 Å². The Bertz CT molecular complexity index is 1230. The standard InChI is InChI=1S/C22H24Cl2N2O.C6H8O7/c1-26-14-15-9-11-22(26,12-10-15)20(16-5-3-2-4-6-16)25-21(27)18-8-7-17(23)13-19(18)24;7-3(8)1-6(13,5(11)12)2-4(9)10/h2-8,13,15,20H,9-12,14H2,1H3,(H,25,27);13H,1-2H2,(H,7,8)(H,9,10)(H,11,12)/t15?,20-,22?;/m1./s1. The molecule has 0 radical (unpaired) electrons. The first kappa shape index (κ1) is 31.3. The first-order valence-corrected chi connectivity index (χ1v) is 13.4.